The van der Waals surface area contributed by atoms with E-state index in [1.165, 1.54) is 0 Å². The number of nitrogens with one attached hydrogen (secondary N) is 2. The van der Waals surface area contributed by atoms with Gasteiger partial charge in [-0.3, -0.25) is 9.69 Å². The number of carbonyl (C=O) groups is 2. The van der Waals surface area contributed by atoms with Crippen molar-refractivity contribution in [1.82, 2.24) is 15.5 Å². The average Bonchev–Trinajstić information content (AvgIpc) is 3.45. The van der Waals surface area contributed by atoms with E-state index in [9.17, 15) is 19.8 Å². The van der Waals surface area contributed by atoms with E-state index in [4.69, 9.17) is 4.74 Å². The van der Waals surface area contributed by atoms with Gasteiger partial charge in [-0.05, 0) is 86.1 Å². The lowest BCUT2D eigenvalue weighted by Gasteiger charge is -2.40. The van der Waals surface area contributed by atoms with Gasteiger partial charge in [0.15, 0.2) is 0 Å². The maximum absolute atomic E-state index is 13.8. The fourth-order valence-electron chi connectivity index (χ4n) is 9.35. The molecule has 8 heteroatoms. The minimum atomic E-state index is -1.45. The van der Waals surface area contributed by atoms with Crippen LogP contribution < -0.4 is 10.6 Å². The van der Waals surface area contributed by atoms with Crippen LogP contribution in [0.3, 0.4) is 0 Å². The smallest absolute Gasteiger partial charge is 0.316 e. The third kappa shape index (κ3) is 8.89. The number of fused-ring (bicyclic) bond motifs is 2. The number of piperidine rings is 1. The van der Waals surface area contributed by atoms with Crippen LogP contribution in [0, 0.1) is 5.92 Å². The molecule has 2 amide bonds. The van der Waals surface area contributed by atoms with Crippen molar-refractivity contribution in [2.24, 2.45) is 5.92 Å². The highest BCUT2D eigenvalue weighted by atomic mass is 16.5. The van der Waals surface area contributed by atoms with Gasteiger partial charge in [0.2, 0.25) is 0 Å². The Hall–Kier alpha value is -4.50. The number of carbonyl (C=O) groups excluding carboxylic acids is 2. The zero-order valence-corrected chi connectivity index (χ0v) is 31.1. The lowest BCUT2D eigenvalue weighted by molar-refractivity contribution is -0.155. The van der Waals surface area contributed by atoms with Crippen LogP contribution in [-0.2, 0) is 21.6 Å². The molecule has 2 aliphatic heterocycles. The molecule has 7 rings (SSSR count). The first-order valence-corrected chi connectivity index (χ1v) is 20.0. The van der Waals surface area contributed by atoms with Crippen molar-refractivity contribution in [3.8, 4) is 0 Å². The number of hydrogen-bond donors (Lipinski definition) is 4. The van der Waals surface area contributed by atoms with Crippen LogP contribution in [0.5, 0.6) is 0 Å². The molecule has 4 N–H and O–H groups in total. The van der Waals surface area contributed by atoms with Gasteiger partial charge in [-0.1, -0.05) is 121 Å². The molecule has 2 heterocycles. The number of ether oxygens (including phenoxy) is 1. The zero-order chi connectivity index (χ0) is 37.3. The van der Waals surface area contributed by atoms with Crippen molar-refractivity contribution < 1.29 is 24.5 Å². The van der Waals surface area contributed by atoms with E-state index in [1.807, 2.05) is 121 Å². The summed E-state index contributed by atoms with van der Waals surface area (Å²) in [4.78, 5) is 29.4. The second-order valence-corrected chi connectivity index (χ2v) is 15.7. The van der Waals surface area contributed by atoms with Crippen LogP contribution in [-0.4, -0.2) is 70.5 Å². The SMILES string of the molecule is O=C(NC1CCC(CCN2[C@@H]3CC[C@H]2CC(OC(=O)C(CO)c2ccccc2)C3)CC1)N[C@H](Cc1ccccc1)C(O)(c1ccccc1)c1ccccc1. The molecule has 2 bridgehead atoms. The standard InChI is InChI=1S/C46H55N3O5/c50-32-42(35-15-7-2-8-16-35)44(51)54-41-30-39-25-26-40(31-41)49(39)28-27-33-21-23-38(24-22-33)47-45(52)48-43(29-34-13-5-1-6-14-34)46(53,36-17-9-3-10-18-36)37-19-11-4-12-20-37/h1-20,33,38-43,50,53H,21-32H2,(H2,47,48,52)/t33?,38?,39-,40+,41?,42?,43-/m1/s1. The number of benzene rings is 4. The molecule has 1 aliphatic carbocycles. The molecule has 0 radical (unpaired) electrons. The molecular weight excluding hydrogens is 675 g/mol. The van der Waals surface area contributed by atoms with Crippen molar-refractivity contribution in [3.63, 3.8) is 0 Å². The summed E-state index contributed by atoms with van der Waals surface area (Å²) in [6.07, 6.45) is 9.50. The molecule has 284 valence electrons. The maximum Gasteiger partial charge on any atom is 0.316 e. The highest BCUT2D eigenvalue weighted by Crippen LogP contribution is 2.39. The van der Waals surface area contributed by atoms with Gasteiger partial charge >= 0.3 is 12.0 Å². The Balaban J connectivity index is 0.911. The largest absolute Gasteiger partial charge is 0.462 e. The first-order chi connectivity index (χ1) is 26.4. The molecule has 3 fully saturated rings. The van der Waals surface area contributed by atoms with Crippen molar-refractivity contribution >= 4 is 12.0 Å². The molecule has 4 aromatic carbocycles. The lowest BCUT2D eigenvalue weighted by atomic mass is 9.77. The normalized spacial score (nSPS) is 23.9. The third-order valence-corrected chi connectivity index (χ3v) is 12.3. The van der Waals surface area contributed by atoms with Gasteiger partial charge in [0, 0.05) is 31.0 Å². The lowest BCUT2D eigenvalue weighted by Crippen LogP contribution is -2.56. The summed E-state index contributed by atoms with van der Waals surface area (Å²) < 4.78 is 6.00. The number of urea groups is 1. The summed E-state index contributed by atoms with van der Waals surface area (Å²) in [5.74, 6) is -0.347. The highest BCUT2D eigenvalue weighted by molar-refractivity contribution is 5.78. The molecule has 0 aromatic heterocycles. The Morgan fingerprint density at radius 1 is 0.741 bits per heavy atom. The summed E-state index contributed by atoms with van der Waals surface area (Å²) in [5.41, 5.74) is 1.84. The number of aliphatic hydroxyl groups excluding tert-OH is 1. The van der Waals surface area contributed by atoms with Crippen LogP contribution in [0.1, 0.15) is 86.0 Å². The van der Waals surface area contributed by atoms with Gasteiger partial charge in [0.05, 0.1) is 12.6 Å². The fraction of sp³-hybridized carbons (Fsp3) is 0.435. The van der Waals surface area contributed by atoms with Gasteiger partial charge in [0.1, 0.15) is 17.6 Å². The van der Waals surface area contributed by atoms with Gasteiger partial charge in [-0.2, -0.15) is 0 Å². The zero-order valence-electron chi connectivity index (χ0n) is 31.1. The number of hydrogen-bond acceptors (Lipinski definition) is 6. The molecule has 1 saturated carbocycles. The van der Waals surface area contributed by atoms with Gasteiger partial charge in [-0.25, -0.2) is 4.79 Å². The van der Waals surface area contributed by atoms with E-state index in [0.717, 1.165) is 86.6 Å². The minimum absolute atomic E-state index is 0.0837. The number of rotatable bonds is 14. The molecule has 54 heavy (non-hydrogen) atoms. The van der Waals surface area contributed by atoms with Crippen LogP contribution in [0.2, 0.25) is 0 Å². The summed E-state index contributed by atoms with van der Waals surface area (Å²) in [5, 5.41) is 29.1. The second kappa shape index (κ2) is 17.8. The predicted molar refractivity (Wildman–Crippen MR) is 211 cm³/mol. The fourth-order valence-corrected chi connectivity index (χ4v) is 9.35. The molecule has 4 aromatic rings. The summed E-state index contributed by atoms with van der Waals surface area (Å²) in [6.45, 7) is 0.804. The average molecular weight is 730 g/mol. The molecule has 0 spiro atoms. The quantitative estimate of drug-likeness (QED) is 0.103. The summed E-state index contributed by atoms with van der Waals surface area (Å²) >= 11 is 0. The van der Waals surface area contributed by atoms with Crippen LogP contribution in [0.15, 0.2) is 121 Å². The molecule has 2 unspecified atom stereocenters. The monoisotopic (exact) mass is 729 g/mol. The summed E-state index contributed by atoms with van der Waals surface area (Å²) in [6, 6.07) is 38.8. The van der Waals surface area contributed by atoms with E-state index in [-0.39, 0.29) is 30.8 Å². The van der Waals surface area contributed by atoms with E-state index >= 15 is 0 Å². The van der Waals surface area contributed by atoms with Crippen molar-refractivity contribution in [1.29, 1.82) is 0 Å². The topological polar surface area (TPSA) is 111 Å². The Bertz CT molecular complexity index is 1710. The Morgan fingerprint density at radius 3 is 1.83 bits per heavy atom. The Morgan fingerprint density at radius 2 is 1.28 bits per heavy atom. The van der Waals surface area contributed by atoms with Crippen molar-refractivity contribution in [3.05, 3.63) is 144 Å². The number of nitrogens with zero attached hydrogens (tertiary/aromatic N) is 1. The van der Waals surface area contributed by atoms with Gasteiger partial charge in [-0.15, -0.1) is 0 Å². The molecular formula is C46H55N3O5. The molecule has 5 atom stereocenters. The predicted octanol–water partition coefficient (Wildman–Crippen LogP) is 7.10. The van der Waals surface area contributed by atoms with E-state index < -0.39 is 17.6 Å². The Labute approximate surface area is 319 Å². The Kier molecular flexibility index (Phi) is 12.4. The van der Waals surface area contributed by atoms with Crippen molar-refractivity contribution in [2.75, 3.05) is 13.2 Å². The number of aliphatic hydroxyl groups is 2. The van der Waals surface area contributed by atoms with Crippen LogP contribution >= 0.6 is 0 Å². The third-order valence-electron chi connectivity index (χ3n) is 12.3. The highest BCUT2D eigenvalue weighted by Gasteiger charge is 2.43. The van der Waals surface area contributed by atoms with Crippen LogP contribution in [0.4, 0.5) is 4.79 Å². The second-order valence-electron chi connectivity index (χ2n) is 15.7. The first-order valence-electron chi connectivity index (χ1n) is 20.0. The van der Waals surface area contributed by atoms with Gasteiger partial charge in [0.25, 0.3) is 0 Å². The molecule has 8 nitrogen and oxygen atoms in total. The molecule has 2 saturated heterocycles. The number of amides is 2. The number of esters is 1. The first kappa shape index (κ1) is 37.8. The summed E-state index contributed by atoms with van der Waals surface area (Å²) in [7, 11) is 0. The van der Waals surface area contributed by atoms with E-state index in [2.05, 4.69) is 15.5 Å². The van der Waals surface area contributed by atoms with Crippen LogP contribution in [0.25, 0.3) is 0 Å². The molecule has 3 aliphatic rings. The minimum Gasteiger partial charge on any atom is -0.462 e. The van der Waals surface area contributed by atoms with Gasteiger partial charge < -0.3 is 25.6 Å². The van der Waals surface area contributed by atoms with E-state index in [1.54, 1.807) is 0 Å². The maximum atomic E-state index is 13.8. The van der Waals surface area contributed by atoms with E-state index in [0.29, 0.717) is 24.4 Å². The van der Waals surface area contributed by atoms with Crippen molar-refractivity contribution in [2.45, 2.75) is 106 Å².